The largest absolute Gasteiger partial charge is 0.350 e. The summed E-state index contributed by atoms with van der Waals surface area (Å²) in [6.07, 6.45) is 4.18. The maximum atomic E-state index is 13.8. The highest BCUT2D eigenvalue weighted by molar-refractivity contribution is 6.30. The third kappa shape index (κ3) is 3.57. The van der Waals surface area contributed by atoms with Crippen molar-refractivity contribution in [3.63, 3.8) is 0 Å². The molecule has 1 unspecified atom stereocenters. The number of benzene rings is 1. The molecule has 23 heavy (non-hydrogen) atoms. The predicted molar refractivity (Wildman–Crippen MR) is 88.1 cm³/mol. The summed E-state index contributed by atoms with van der Waals surface area (Å²) < 4.78 is 15.9. The number of nitrogens with one attached hydrogen (secondary N) is 2. The van der Waals surface area contributed by atoms with Gasteiger partial charge in [0.25, 0.3) is 5.91 Å². The van der Waals surface area contributed by atoms with Gasteiger partial charge in [-0.15, -0.1) is 0 Å². The molecule has 0 saturated carbocycles. The van der Waals surface area contributed by atoms with E-state index in [9.17, 15) is 9.18 Å². The van der Waals surface area contributed by atoms with Gasteiger partial charge in [0, 0.05) is 31.1 Å². The van der Waals surface area contributed by atoms with Gasteiger partial charge in [0.05, 0.1) is 17.9 Å². The first-order valence-electron chi connectivity index (χ1n) is 7.75. The number of quaternary nitrogens is 1. The van der Waals surface area contributed by atoms with Crippen molar-refractivity contribution >= 4 is 23.2 Å². The molecular formula is C17H20ClFN3O+. The highest BCUT2D eigenvalue weighted by Gasteiger charge is 2.33. The van der Waals surface area contributed by atoms with E-state index in [4.69, 9.17) is 11.6 Å². The number of carbonyl (C=O) groups excluding carboxylic acids is 1. The van der Waals surface area contributed by atoms with Crippen LogP contribution >= 0.6 is 11.6 Å². The molecule has 1 fully saturated rings. The molecule has 2 atom stereocenters. The number of anilines is 1. The molecule has 1 saturated heterocycles. The first kappa shape index (κ1) is 16.0. The molecule has 0 spiro atoms. The second kappa shape index (κ2) is 6.72. The SMILES string of the molecule is Cn1cccc1[C@@H]1CCC[NH+]1CC(=O)Nc1ccc(Cl)cc1F. The Labute approximate surface area is 139 Å². The standard InChI is InChI=1S/C17H19ClFN3O/c1-21-8-2-4-15(21)16-5-3-9-22(16)11-17(23)20-14-7-6-12(18)10-13(14)19/h2,4,6-8,10,16H,3,5,9,11H2,1H3,(H,20,23)/p+1/t16-/m0/s1. The molecule has 0 radical (unpaired) electrons. The molecule has 0 bridgehead atoms. The van der Waals surface area contributed by atoms with Crippen LogP contribution in [0.4, 0.5) is 10.1 Å². The monoisotopic (exact) mass is 336 g/mol. The quantitative estimate of drug-likeness (QED) is 0.882. The second-order valence-corrected chi connectivity index (χ2v) is 6.43. The van der Waals surface area contributed by atoms with Crippen LogP contribution < -0.4 is 10.2 Å². The first-order chi connectivity index (χ1) is 11.0. The van der Waals surface area contributed by atoms with Crippen molar-refractivity contribution < 1.29 is 14.1 Å². The van der Waals surface area contributed by atoms with Crippen molar-refractivity contribution in [2.24, 2.45) is 7.05 Å². The molecule has 4 nitrogen and oxygen atoms in total. The van der Waals surface area contributed by atoms with Gasteiger partial charge < -0.3 is 14.8 Å². The van der Waals surface area contributed by atoms with Gasteiger partial charge in [0.2, 0.25) is 0 Å². The molecule has 1 amide bonds. The maximum absolute atomic E-state index is 13.8. The molecule has 1 aliphatic heterocycles. The smallest absolute Gasteiger partial charge is 0.279 e. The van der Waals surface area contributed by atoms with E-state index in [1.54, 1.807) is 6.07 Å². The van der Waals surface area contributed by atoms with Crippen molar-refractivity contribution in [3.05, 3.63) is 53.1 Å². The van der Waals surface area contributed by atoms with Crippen LogP contribution in [-0.2, 0) is 11.8 Å². The zero-order valence-electron chi connectivity index (χ0n) is 13.0. The Morgan fingerprint density at radius 3 is 3.00 bits per heavy atom. The van der Waals surface area contributed by atoms with Gasteiger partial charge in [0.1, 0.15) is 11.9 Å². The van der Waals surface area contributed by atoms with Crippen molar-refractivity contribution in [3.8, 4) is 0 Å². The summed E-state index contributed by atoms with van der Waals surface area (Å²) in [5.41, 5.74) is 1.41. The minimum atomic E-state index is -0.513. The lowest BCUT2D eigenvalue weighted by atomic mass is 10.1. The number of rotatable bonds is 4. The fourth-order valence-corrected chi connectivity index (χ4v) is 3.47. The summed E-state index contributed by atoms with van der Waals surface area (Å²) >= 11 is 5.72. The van der Waals surface area contributed by atoms with Gasteiger partial charge in [-0.25, -0.2) is 4.39 Å². The van der Waals surface area contributed by atoms with Gasteiger partial charge in [-0.1, -0.05) is 11.6 Å². The van der Waals surface area contributed by atoms with Crippen LogP contribution in [0.3, 0.4) is 0 Å². The number of halogens is 2. The number of aromatic nitrogens is 1. The Kier molecular flexibility index (Phi) is 4.68. The number of hydrogen-bond acceptors (Lipinski definition) is 1. The highest BCUT2D eigenvalue weighted by atomic mass is 35.5. The summed E-state index contributed by atoms with van der Waals surface area (Å²) in [5.74, 6) is -0.691. The van der Waals surface area contributed by atoms with Crippen molar-refractivity contribution in [1.82, 2.24) is 4.57 Å². The van der Waals surface area contributed by atoms with E-state index >= 15 is 0 Å². The number of carbonyl (C=O) groups is 1. The Morgan fingerprint density at radius 2 is 2.30 bits per heavy atom. The lowest BCUT2D eigenvalue weighted by molar-refractivity contribution is -0.910. The highest BCUT2D eigenvalue weighted by Crippen LogP contribution is 2.20. The predicted octanol–water partition coefficient (Wildman–Crippen LogP) is 2.18. The number of hydrogen-bond donors (Lipinski definition) is 2. The van der Waals surface area contributed by atoms with Crippen molar-refractivity contribution in [2.75, 3.05) is 18.4 Å². The number of amides is 1. The Morgan fingerprint density at radius 1 is 1.48 bits per heavy atom. The molecule has 2 aromatic rings. The number of likely N-dealkylation sites (tertiary alicyclic amines) is 1. The number of nitrogens with zero attached hydrogens (tertiary/aromatic N) is 1. The van der Waals surface area contributed by atoms with E-state index in [-0.39, 0.29) is 11.6 Å². The summed E-state index contributed by atoms with van der Waals surface area (Å²) in [6.45, 7) is 1.28. The molecule has 6 heteroatoms. The van der Waals surface area contributed by atoms with Gasteiger partial charge in [-0.2, -0.15) is 0 Å². The summed E-state index contributed by atoms with van der Waals surface area (Å²) in [6, 6.07) is 8.70. The van der Waals surface area contributed by atoms with E-state index < -0.39 is 5.82 Å². The van der Waals surface area contributed by atoms with E-state index in [1.807, 2.05) is 19.3 Å². The third-order valence-electron chi connectivity index (χ3n) is 4.42. The fraction of sp³-hybridized carbons (Fsp3) is 0.353. The summed E-state index contributed by atoms with van der Waals surface area (Å²) in [7, 11) is 2.02. The minimum Gasteiger partial charge on any atom is -0.350 e. The molecule has 122 valence electrons. The molecule has 2 heterocycles. The van der Waals surface area contributed by atoms with E-state index in [0.29, 0.717) is 17.6 Å². The van der Waals surface area contributed by atoms with Crippen LogP contribution in [-0.4, -0.2) is 23.6 Å². The average Bonchev–Trinajstić information content (AvgIpc) is 3.10. The Hall–Kier alpha value is -1.85. The normalized spacial score (nSPS) is 20.7. The molecule has 1 aromatic heterocycles. The van der Waals surface area contributed by atoms with Crippen LogP contribution in [0.15, 0.2) is 36.5 Å². The van der Waals surface area contributed by atoms with Gasteiger partial charge >= 0.3 is 0 Å². The zero-order valence-corrected chi connectivity index (χ0v) is 13.7. The lowest BCUT2D eigenvalue weighted by Crippen LogP contribution is -3.11. The van der Waals surface area contributed by atoms with E-state index in [2.05, 4.69) is 16.0 Å². The van der Waals surface area contributed by atoms with E-state index in [1.165, 1.54) is 22.7 Å². The minimum absolute atomic E-state index is 0.174. The Bertz CT molecular complexity index is 716. The molecule has 3 rings (SSSR count). The van der Waals surface area contributed by atoms with Gasteiger partial charge in [0.15, 0.2) is 6.54 Å². The van der Waals surface area contributed by atoms with Crippen LogP contribution in [0.25, 0.3) is 0 Å². The maximum Gasteiger partial charge on any atom is 0.279 e. The van der Waals surface area contributed by atoms with Crippen LogP contribution in [0.5, 0.6) is 0 Å². The summed E-state index contributed by atoms with van der Waals surface area (Å²) in [5, 5.41) is 2.96. The molecule has 1 aliphatic rings. The molecule has 0 aliphatic carbocycles. The molecular weight excluding hydrogens is 317 g/mol. The zero-order chi connectivity index (χ0) is 16.4. The molecule has 2 N–H and O–H groups in total. The van der Waals surface area contributed by atoms with Crippen LogP contribution in [0.1, 0.15) is 24.6 Å². The summed E-state index contributed by atoms with van der Waals surface area (Å²) in [4.78, 5) is 13.5. The molecule has 1 aromatic carbocycles. The van der Waals surface area contributed by atoms with Crippen LogP contribution in [0, 0.1) is 5.82 Å². The van der Waals surface area contributed by atoms with Crippen molar-refractivity contribution in [1.29, 1.82) is 0 Å². The fourth-order valence-electron chi connectivity index (χ4n) is 3.31. The second-order valence-electron chi connectivity index (χ2n) is 6.00. The van der Waals surface area contributed by atoms with Gasteiger partial charge in [-0.05, 0) is 30.3 Å². The first-order valence-corrected chi connectivity index (χ1v) is 8.13. The topological polar surface area (TPSA) is 38.5 Å². The average molecular weight is 337 g/mol. The lowest BCUT2D eigenvalue weighted by Gasteiger charge is -2.21. The third-order valence-corrected chi connectivity index (χ3v) is 4.65. The van der Waals surface area contributed by atoms with Crippen molar-refractivity contribution in [2.45, 2.75) is 18.9 Å². The van der Waals surface area contributed by atoms with Gasteiger partial charge in [-0.3, -0.25) is 4.79 Å². The van der Waals surface area contributed by atoms with E-state index in [0.717, 1.165) is 19.4 Å². The van der Waals surface area contributed by atoms with Crippen LogP contribution in [0.2, 0.25) is 5.02 Å². The number of aryl methyl sites for hydroxylation is 1. The Balaban J connectivity index is 1.66.